The number of nitrogens with one attached hydrogen (secondary N) is 1. The summed E-state index contributed by atoms with van der Waals surface area (Å²) in [5, 5.41) is 13.6. The normalized spacial score (nSPS) is 19.4. The third kappa shape index (κ3) is 2.70. The molecule has 0 spiro atoms. The van der Waals surface area contributed by atoms with Gasteiger partial charge in [0.25, 0.3) is 0 Å². The monoisotopic (exact) mass is 267 g/mol. The molecule has 2 aromatic carbocycles. The highest BCUT2D eigenvalue weighted by molar-refractivity contribution is 5.35. The minimum atomic E-state index is 0.173. The van der Waals surface area contributed by atoms with Crippen LogP contribution in [-0.4, -0.2) is 11.1 Å². The third-order valence-electron chi connectivity index (χ3n) is 4.24. The second-order valence-electron chi connectivity index (χ2n) is 5.66. The van der Waals surface area contributed by atoms with E-state index >= 15 is 0 Å². The predicted octanol–water partition coefficient (Wildman–Crippen LogP) is 3.60. The molecule has 0 aliphatic heterocycles. The van der Waals surface area contributed by atoms with Gasteiger partial charge in [-0.3, -0.25) is 0 Å². The molecule has 0 fully saturated rings. The number of benzene rings is 2. The zero-order chi connectivity index (χ0) is 13.9. The van der Waals surface area contributed by atoms with Crippen LogP contribution in [0.4, 0.5) is 0 Å². The Morgan fingerprint density at radius 2 is 1.75 bits per heavy atom. The molecule has 0 radical (unpaired) electrons. The van der Waals surface area contributed by atoms with E-state index < -0.39 is 0 Å². The average molecular weight is 267 g/mol. The Balaban J connectivity index is 1.69. The lowest BCUT2D eigenvalue weighted by molar-refractivity contribution is 0.398. The number of para-hydroxylation sites is 1. The van der Waals surface area contributed by atoms with Gasteiger partial charge in [0, 0.05) is 17.6 Å². The van der Waals surface area contributed by atoms with Gasteiger partial charge in [-0.2, -0.15) is 0 Å². The van der Waals surface area contributed by atoms with Crippen molar-refractivity contribution in [1.29, 1.82) is 0 Å². The largest absolute Gasteiger partial charge is 0.508 e. The average Bonchev–Trinajstić information content (AvgIpc) is 2.47. The van der Waals surface area contributed by atoms with Crippen LogP contribution in [0.15, 0.2) is 48.5 Å². The number of aromatic hydroxyl groups is 1. The van der Waals surface area contributed by atoms with Gasteiger partial charge in [0.15, 0.2) is 0 Å². The first-order chi connectivity index (χ1) is 9.74. The van der Waals surface area contributed by atoms with E-state index in [0.717, 1.165) is 24.8 Å². The minimum Gasteiger partial charge on any atom is -0.508 e. The first kappa shape index (κ1) is 13.2. The van der Waals surface area contributed by atoms with Crippen LogP contribution >= 0.6 is 0 Å². The molecule has 2 unspecified atom stereocenters. The zero-order valence-electron chi connectivity index (χ0n) is 11.8. The summed E-state index contributed by atoms with van der Waals surface area (Å²) in [4.78, 5) is 0. The third-order valence-corrected chi connectivity index (χ3v) is 4.24. The number of phenols is 1. The van der Waals surface area contributed by atoms with Crippen molar-refractivity contribution >= 4 is 0 Å². The first-order valence-electron chi connectivity index (χ1n) is 7.35. The van der Waals surface area contributed by atoms with Gasteiger partial charge < -0.3 is 10.4 Å². The summed E-state index contributed by atoms with van der Waals surface area (Å²) in [6, 6.07) is 16.9. The second kappa shape index (κ2) is 5.68. The van der Waals surface area contributed by atoms with Crippen molar-refractivity contribution in [3.8, 4) is 5.75 Å². The number of hydrogen-bond acceptors (Lipinski definition) is 2. The highest BCUT2D eigenvalue weighted by Gasteiger charge is 2.20. The van der Waals surface area contributed by atoms with Crippen LogP contribution in [0.25, 0.3) is 0 Å². The van der Waals surface area contributed by atoms with Crippen molar-refractivity contribution in [2.24, 2.45) is 0 Å². The Morgan fingerprint density at radius 3 is 2.55 bits per heavy atom. The summed E-state index contributed by atoms with van der Waals surface area (Å²) in [7, 11) is 0. The number of hydrogen-bond donors (Lipinski definition) is 2. The molecule has 2 atom stereocenters. The van der Waals surface area contributed by atoms with Gasteiger partial charge in [-0.05, 0) is 43.4 Å². The van der Waals surface area contributed by atoms with Gasteiger partial charge in [-0.25, -0.2) is 0 Å². The van der Waals surface area contributed by atoms with Crippen molar-refractivity contribution in [1.82, 2.24) is 5.32 Å². The fourth-order valence-electron chi connectivity index (χ4n) is 3.14. The van der Waals surface area contributed by atoms with Crippen molar-refractivity contribution in [2.45, 2.75) is 38.3 Å². The van der Waals surface area contributed by atoms with Crippen molar-refractivity contribution < 1.29 is 5.11 Å². The van der Waals surface area contributed by atoms with E-state index in [1.807, 2.05) is 18.2 Å². The summed E-state index contributed by atoms with van der Waals surface area (Å²) in [6.07, 6.45) is 3.38. The summed E-state index contributed by atoms with van der Waals surface area (Å²) < 4.78 is 0. The second-order valence-corrected chi connectivity index (χ2v) is 5.66. The number of phenolic OH excluding ortho intramolecular Hbond substituents is 1. The van der Waals surface area contributed by atoms with E-state index in [-0.39, 0.29) is 6.04 Å². The van der Waals surface area contributed by atoms with Crippen LogP contribution in [0, 0.1) is 0 Å². The molecule has 1 aliphatic carbocycles. The van der Waals surface area contributed by atoms with Gasteiger partial charge in [0.2, 0.25) is 0 Å². The van der Waals surface area contributed by atoms with Gasteiger partial charge in [-0.1, -0.05) is 42.5 Å². The highest BCUT2D eigenvalue weighted by Crippen LogP contribution is 2.26. The molecule has 0 aromatic heterocycles. The summed E-state index contributed by atoms with van der Waals surface area (Å²) in [6.45, 7) is 2.12. The quantitative estimate of drug-likeness (QED) is 0.890. The number of aryl methyl sites for hydroxylation is 1. The van der Waals surface area contributed by atoms with E-state index in [9.17, 15) is 5.11 Å². The zero-order valence-corrected chi connectivity index (χ0v) is 11.8. The lowest BCUT2D eigenvalue weighted by atomic mass is 9.88. The Kier molecular flexibility index (Phi) is 3.75. The molecule has 3 rings (SSSR count). The summed E-state index contributed by atoms with van der Waals surface area (Å²) >= 11 is 0. The fraction of sp³-hybridized carbons (Fsp3) is 0.333. The molecule has 2 heteroatoms. The molecule has 2 N–H and O–H groups in total. The molecule has 0 heterocycles. The number of fused-ring (bicyclic) bond motifs is 1. The number of rotatable bonds is 3. The van der Waals surface area contributed by atoms with Gasteiger partial charge in [-0.15, -0.1) is 0 Å². The fourth-order valence-corrected chi connectivity index (χ4v) is 3.14. The highest BCUT2D eigenvalue weighted by atomic mass is 16.3. The van der Waals surface area contributed by atoms with E-state index in [2.05, 4.69) is 36.5 Å². The lowest BCUT2D eigenvalue weighted by Crippen LogP contribution is -2.36. The lowest BCUT2D eigenvalue weighted by Gasteiger charge is -2.28. The smallest absolute Gasteiger partial charge is 0.120 e. The first-order valence-corrected chi connectivity index (χ1v) is 7.35. The topological polar surface area (TPSA) is 32.3 Å². The van der Waals surface area contributed by atoms with Crippen LogP contribution < -0.4 is 5.32 Å². The molecule has 2 nitrogen and oxygen atoms in total. The molecular formula is C18H21NO. The molecule has 0 saturated carbocycles. The van der Waals surface area contributed by atoms with E-state index in [0.29, 0.717) is 11.8 Å². The van der Waals surface area contributed by atoms with Gasteiger partial charge in [0.1, 0.15) is 5.75 Å². The maximum Gasteiger partial charge on any atom is 0.120 e. The Bertz CT molecular complexity index is 593. The van der Waals surface area contributed by atoms with Crippen LogP contribution in [0.3, 0.4) is 0 Å². The van der Waals surface area contributed by atoms with Crippen LogP contribution in [0.2, 0.25) is 0 Å². The molecule has 104 valence electrons. The van der Waals surface area contributed by atoms with Crippen molar-refractivity contribution in [2.75, 3.05) is 0 Å². The Morgan fingerprint density at radius 1 is 1.05 bits per heavy atom. The SMILES string of the molecule is CC(NC1CCc2ccccc2C1)c1ccccc1O. The minimum absolute atomic E-state index is 0.173. The molecule has 20 heavy (non-hydrogen) atoms. The summed E-state index contributed by atoms with van der Waals surface area (Å²) in [5.41, 5.74) is 3.92. The summed E-state index contributed by atoms with van der Waals surface area (Å²) in [5.74, 6) is 0.378. The van der Waals surface area contributed by atoms with Crippen LogP contribution in [0.1, 0.15) is 36.1 Å². The molecule has 2 aromatic rings. The van der Waals surface area contributed by atoms with E-state index in [1.165, 1.54) is 11.1 Å². The van der Waals surface area contributed by atoms with E-state index in [4.69, 9.17) is 0 Å². The molecule has 0 saturated heterocycles. The molecule has 0 amide bonds. The standard InChI is InChI=1S/C18H21NO/c1-13(17-8-4-5-9-18(17)20)19-16-11-10-14-6-2-3-7-15(14)12-16/h2-9,13,16,19-20H,10-12H2,1H3. The van der Waals surface area contributed by atoms with Crippen molar-refractivity contribution in [3.63, 3.8) is 0 Å². The molecular weight excluding hydrogens is 246 g/mol. The van der Waals surface area contributed by atoms with Crippen LogP contribution in [0.5, 0.6) is 5.75 Å². The molecule has 1 aliphatic rings. The van der Waals surface area contributed by atoms with Crippen LogP contribution in [-0.2, 0) is 12.8 Å². The maximum absolute atomic E-state index is 9.93. The predicted molar refractivity (Wildman–Crippen MR) is 81.9 cm³/mol. The Labute approximate surface area is 120 Å². The Hall–Kier alpha value is -1.80. The van der Waals surface area contributed by atoms with Gasteiger partial charge in [0.05, 0.1) is 0 Å². The van der Waals surface area contributed by atoms with E-state index in [1.54, 1.807) is 6.07 Å². The van der Waals surface area contributed by atoms with Gasteiger partial charge >= 0.3 is 0 Å². The maximum atomic E-state index is 9.93. The van der Waals surface area contributed by atoms with Crippen molar-refractivity contribution in [3.05, 3.63) is 65.2 Å². The molecule has 0 bridgehead atoms.